The number of anilines is 1. The molecule has 0 aliphatic carbocycles. The van der Waals surface area contributed by atoms with Gasteiger partial charge in [-0.3, -0.25) is 4.90 Å². The maximum absolute atomic E-state index is 13.7. The van der Waals surface area contributed by atoms with Gasteiger partial charge in [0.25, 0.3) is 0 Å². The van der Waals surface area contributed by atoms with Crippen LogP contribution in [0.15, 0.2) is 22.7 Å². The van der Waals surface area contributed by atoms with Crippen LogP contribution in [0.4, 0.5) is 10.2 Å². The SMILES string of the molecule is COc1cc(-c2onc(N3CCC(N4CCN(C)CC4)C3)c2C(=O)O)ccc1F. The van der Waals surface area contributed by atoms with Crippen molar-refractivity contribution in [2.75, 3.05) is 58.3 Å². The molecule has 4 rings (SSSR count). The molecule has 1 unspecified atom stereocenters. The molecule has 1 aromatic carbocycles. The van der Waals surface area contributed by atoms with Crippen molar-refractivity contribution in [2.24, 2.45) is 0 Å². The molecule has 0 radical (unpaired) electrons. The lowest BCUT2D eigenvalue weighted by Gasteiger charge is -2.36. The van der Waals surface area contributed by atoms with E-state index >= 15 is 0 Å². The van der Waals surface area contributed by atoms with Crippen molar-refractivity contribution in [3.63, 3.8) is 0 Å². The van der Waals surface area contributed by atoms with Crippen molar-refractivity contribution in [1.29, 1.82) is 0 Å². The average Bonchev–Trinajstić information content (AvgIpc) is 3.36. The normalized spacial score (nSPS) is 20.9. The number of carbonyl (C=O) groups is 1. The second-order valence-electron chi connectivity index (χ2n) is 7.59. The minimum absolute atomic E-state index is 0.00214. The topological polar surface area (TPSA) is 82.3 Å². The molecule has 9 heteroatoms. The van der Waals surface area contributed by atoms with E-state index in [9.17, 15) is 14.3 Å². The van der Waals surface area contributed by atoms with Gasteiger partial charge in [-0.05, 0) is 31.7 Å². The van der Waals surface area contributed by atoms with E-state index in [4.69, 9.17) is 9.26 Å². The maximum Gasteiger partial charge on any atom is 0.343 e. The standard InChI is InChI=1S/C20H25FN4O4/c1-23-7-9-24(10-8-23)14-5-6-25(12-14)19-17(20(26)27)18(29-22-19)13-3-4-15(21)16(11-13)28-2/h3-4,11,14H,5-10,12H2,1-2H3,(H,26,27). The van der Waals surface area contributed by atoms with Crippen molar-refractivity contribution in [3.8, 4) is 17.1 Å². The van der Waals surface area contributed by atoms with Crippen LogP contribution in [0.3, 0.4) is 0 Å². The smallest absolute Gasteiger partial charge is 0.343 e. The molecule has 2 aromatic rings. The van der Waals surface area contributed by atoms with Gasteiger partial charge >= 0.3 is 5.97 Å². The number of likely N-dealkylation sites (N-methyl/N-ethyl adjacent to an activating group) is 1. The van der Waals surface area contributed by atoms with Crippen LogP contribution in [-0.4, -0.2) is 85.5 Å². The fourth-order valence-corrected chi connectivity index (χ4v) is 4.11. The second kappa shape index (κ2) is 8.00. The van der Waals surface area contributed by atoms with E-state index in [0.717, 1.165) is 39.1 Å². The summed E-state index contributed by atoms with van der Waals surface area (Å²) in [5.74, 6) is -1.20. The lowest BCUT2D eigenvalue weighted by atomic mass is 10.1. The van der Waals surface area contributed by atoms with Crippen LogP contribution in [0.1, 0.15) is 16.8 Å². The number of halogens is 1. The van der Waals surface area contributed by atoms with Crippen molar-refractivity contribution < 1.29 is 23.6 Å². The maximum atomic E-state index is 13.7. The average molecular weight is 404 g/mol. The molecule has 2 fully saturated rings. The molecule has 1 N–H and O–H groups in total. The Morgan fingerprint density at radius 1 is 1.28 bits per heavy atom. The Kier molecular flexibility index (Phi) is 5.42. The molecule has 2 aliphatic rings. The summed E-state index contributed by atoms with van der Waals surface area (Å²) >= 11 is 0. The third-order valence-electron chi connectivity index (χ3n) is 5.82. The van der Waals surface area contributed by atoms with Gasteiger partial charge in [-0.2, -0.15) is 0 Å². The van der Waals surface area contributed by atoms with Crippen LogP contribution in [0.5, 0.6) is 5.75 Å². The first kappa shape index (κ1) is 19.7. The van der Waals surface area contributed by atoms with Gasteiger partial charge < -0.3 is 24.2 Å². The monoisotopic (exact) mass is 404 g/mol. The number of piperazine rings is 1. The number of carboxylic acids is 1. The molecule has 2 saturated heterocycles. The van der Waals surface area contributed by atoms with Crippen LogP contribution < -0.4 is 9.64 Å². The molecule has 0 bridgehead atoms. The number of hydrogen-bond acceptors (Lipinski definition) is 7. The first-order valence-corrected chi connectivity index (χ1v) is 9.72. The van der Waals surface area contributed by atoms with Gasteiger partial charge in [0.1, 0.15) is 0 Å². The zero-order valence-corrected chi connectivity index (χ0v) is 16.6. The van der Waals surface area contributed by atoms with Gasteiger partial charge in [-0.1, -0.05) is 5.16 Å². The van der Waals surface area contributed by atoms with Gasteiger partial charge in [0.15, 0.2) is 28.7 Å². The number of nitrogens with zero attached hydrogens (tertiary/aromatic N) is 4. The van der Waals surface area contributed by atoms with Gasteiger partial charge in [0.05, 0.1) is 7.11 Å². The van der Waals surface area contributed by atoms with Crippen molar-refractivity contribution in [2.45, 2.75) is 12.5 Å². The number of carboxylic acid groups (broad SMARTS) is 1. The quantitative estimate of drug-likeness (QED) is 0.811. The Labute approximate surface area is 168 Å². The minimum atomic E-state index is -1.12. The molecule has 1 atom stereocenters. The summed E-state index contributed by atoms with van der Waals surface area (Å²) in [4.78, 5) is 18.8. The first-order chi connectivity index (χ1) is 14.0. The molecular formula is C20H25FN4O4. The number of aromatic nitrogens is 1. The number of ether oxygens (including phenoxy) is 1. The predicted molar refractivity (Wildman–Crippen MR) is 105 cm³/mol. The van der Waals surface area contributed by atoms with Crippen LogP contribution in [-0.2, 0) is 0 Å². The predicted octanol–water partition coefficient (Wildman–Crippen LogP) is 2.01. The van der Waals surface area contributed by atoms with E-state index in [1.165, 1.54) is 25.3 Å². The Bertz CT molecular complexity index is 895. The number of rotatable bonds is 5. The number of hydrogen-bond donors (Lipinski definition) is 1. The Morgan fingerprint density at radius 3 is 2.72 bits per heavy atom. The van der Waals surface area contributed by atoms with E-state index in [2.05, 4.69) is 22.0 Å². The minimum Gasteiger partial charge on any atom is -0.494 e. The van der Waals surface area contributed by atoms with E-state index in [0.29, 0.717) is 24.0 Å². The fraction of sp³-hybridized carbons (Fsp3) is 0.500. The summed E-state index contributed by atoms with van der Waals surface area (Å²) in [5.41, 5.74) is 0.409. The highest BCUT2D eigenvalue weighted by molar-refractivity contribution is 5.99. The highest BCUT2D eigenvalue weighted by Crippen LogP contribution is 2.35. The lowest BCUT2D eigenvalue weighted by Crippen LogP contribution is -2.49. The molecule has 29 heavy (non-hydrogen) atoms. The summed E-state index contributed by atoms with van der Waals surface area (Å²) in [6, 6.07) is 4.48. The summed E-state index contributed by atoms with van der Waals surface area (Å²) in [5, 5.41) is 13.9. The zero-order chi connectivity index (χ0) is 20.5. The summed E-state index contributed by atoms with van der Waals surface area (Å²) in [6.07, 6.45) is 0.954. The molecule has 0 saturated carbocycles. The van der Waals surface area contributed by atoms with Crippen molar-refractivity contribution in [3.05, 3.63) is 29.6 Å². The highest BCUT2D eigenvalue weighted by Gasteiger charge is 2.34. The van der Waals surface area contributed by atoms with E-state index in [-0.39, 0.29) is 17.1 Å². The van der Waals surface area contributed by atoms with E-state index in [1.54, 1.807) is 0 Å². The molecule has 0 amide bonds. The Balaban J connectivity index is 1.58. The van der Waals surface area contributed by atoms with E-state index < -0.39 is 11.8 Å². The van der Waals surface area contributed by atoms with Gasteiger partial charge in [0.2, 0.25) is 0 Å². The first-order valence-electron chi connectivity index (χ1n) is 9.72. The highest BCUT2D eigenvalue weighted by atomic mass is 19.1. The van der Waals surface area contributed by atoms with Crippen LogP contribution in [0.25, 0.3) is 11.3 Å². The lowest BCUT2D eigenvalue weighted by molar-refractivity contribution is 0.0697. The molecule has 0 spiro atoms. The van der Waals surface area contributed by atoms with Gasteiger partial charge in [-0.25, -0.2) is 9.18 Å². The van der Waals surface area contributed by atoms with Crippen LogP contribution >= 0.6 is 0 Å². The van der Waals surface area contributed by atoms with Crippen LogP contribution in [0, 0.1) is 5.82 Å². The van der Waals surface area contributed by atoms with E-state index in [1.807, 2.05) is 4.90 Å². The Hall–Kier alpha value is -2.65. The largest absolute Gasteiger partial charge is 0.494 e. The van der Waals surface area contributed by atoms with Crippen LogP contribution in [0.2, 0.25) is 0 Å². The Morgan fingerprint density at radius 2 is 2.03 bits per heavy atom. The molecule has 3 heterocycles. The third-order valence-corrected chi connectivity index (χ3v) is 5.82. The molecule has 2 aliphatic heterocycles. The molecule has 156 valence electrons. The second-order valence-corrected chi connectivity index (χ2v) is 7.59. The van der Waals surface area contributed by atoms with Gasteiger partial charge in [0, 0.05) is 50.9 Å². The third kappa shape index (κ3) is 3.79. The van der Waals surface area contributed by atoms with Crippen molar-refractivity contribution >= 4 is 11.8 Å². The number of aromatic carboxylic acids is 1. The summed E-state index contributed by atoms with van der Waals surface area (Å²) in [6.45, 7) is 5.54. The molecule has 8 nitrogen and oxygen atoms in total. The number of methoxy groups -OCH3 is 1. The van der Waals surface area contributed by atoms with Crippen molar-refractivity contribution in [1.82, 2.24) is 15.0 Å². The summed E-state index contributed by atoms with van der Waals surface area (Å²) in [7, 11) is 3.48. The fourth-order valence-electron chi connectivity index (χ4n) is 4.11. The summed E-state index contributed by atoms with van der Waals surface area (Å²) < 4.78 is 24.2. The van der Waals surface area contributed by atoms with Gasteiger partial charge in [-0.15, -0.1) is 0 Å². The molecular weight excluding hydrogens is 379 g/mol. The zero-order valence-electron chi connectivity index (χ0n) is 16.6. The molecule has 1 aromatic heterocycles. The number of benzene rings is 1.